The molecule has 0 bridgehead atoms. The van der Waals surface area contributed by atoms with Gasteiger partial charge in [0.25, 0.3) is 5.91 Å². The van der Waals surface area contributed by atoms with Crippen LogP contribution in [-0.2, 0) is 4.79 Å². The van der Waals surface area contributed by atoms with Gasteiger partial charge in [-0.3, -0.25) is 4.79 Å². The summed E-state index contributed by atoms with van der Waals surface area (Å²) in [5.41, 5.74) is 0.725. The Kier molecular flexibility index (Phi) is 4.04. The van der Waals surface area contributed by atoms with Gasteiger partial charge in [-0.05, 0) is 47.5 Å². The minimum absolute atomic E-state index is 0.131. The van der Waals surface area contributed by atoms with Crippen LogP contribution in [0.4, 0.5) is 0 Å². The minimum Gasteiger partial charge on any atom is -0.467 e. The molecule has 3 aromatic heterocycles. The third kappa shape index (κ3) is 3.16. The number of tetrazole rings is 1. The van der Waals surface area contributed by atoms with Gasteiger partial charge >= 0.3 is 0 Å². The summed E-state index contributed by atoms with van der Waals surface area (Å²) in [7, 11) is 0. The largest absolute Gasteiger partial charge is 0.467 e. The van der Waals surface area contributed by atoms with E-state index in [9.17, 15) is 4.79 Å². The molecule has 2 aliphatic rings. The molecule has 1 fully saturated rings. The van der Waals surface area contributed by atoms with E-state index in [-0.39, 0.29) is 17.7 Å². The Morgan fingerprint density at radius 3 is 2.81 bits per heavy atom. The number of furan rings is 2. The Balaban J connectivity index is 1.35. The molecule has 5 rings (SSSR count). The van der Waals surface area contributed by atoms with E-state index in [1.807, 2.05) is 12.1 Å². The van der Waals surface area contributed by atoms with Gasteiger partial charge in [0.15, 0.2) is 0 Å². The van der Waals surface area contributed by atoms with Crippen LogP contribution in [0.3, 0.4) is 0 Å². The number of hydrogen-bond acceptors (Lipinski definition) is 8. The molecule has 0 saturated heterocycles. The second-order valence-corrected chi connectivity index (χ2v) is 7.37. The van der Waals surface area contributed by atoms with Gasteiger partial charge in [-0.25, -0.2) is 9.69 Å². The fourth-order valence-corrected chi connectivity index (χ4v) is 3.85. The Labute approximate surface area is 158 Å². The topological polar surface area (TPSA) is 103 Å². The molecule has 3 aromatic rings. The maximum Gasteiger partial charge on any atom is 0.253 e. The fourth-order valence-electron chi connectivity index (χ4n) is 3.06. The van der Waals surface area contributed by atoms with E-state index in [2.05, 4.69) is 20.6 Å². The normalized spacial score (nSPS) is 19.5. The van der Waals surface area contributed by atoms with Crippen LogP contribution in [0.25, 0.3) is 0 Å². The highest BCUT2D eigenvalue weighted by atomic mass is 32.2. The first-order valence-electron chi connectivity index (χ1n) is 8.67. The Bertz CT molecular complexity index is 961. The van der Waals surface area contributed by atoms with Crippen LogP contribution in [0.1, 0.15) is 42.9 Å². The first kappa shape index (κ1) is 16.3. The van der Waals surface area contributed by atoms with Crippen LogP contribution in [0.5, 0.6) is 0 Å². The van der Waals surface area contributed by atoms with Crippen molar-refractivity contribution in [1.82, 2.24) is 25.2 Å². The third-order valence-electron chi connectivity index (χ3n) is 4.52. The van der Waals surface area contributed by atoms with E-state index in [0.29, 0.717) is 29.1 Å². The lowest BCUT2D eigenvalue weighted by Crippen LogP contribution is -2.28. The summed E-state index contributed by atoms with van der Waals surface area (Å²) >= 11 is 1.33. The summed E-state index contributed by atoms with van der Waals surface area (Å²) < 4.78 is 12.8. The number of nitrogens with zero attached hydrogens (tertiary/aromatic N) is 6. The van der Waals surface area contributed by atoms with Gasteiger partial charge in [-0.15, -0.1) is 5.10 Å². The van der Waals surface area contributed by atoms with Crippen LogP contribution >= 0.6 is 11.8 Å². The molecule has 1 unspecified atom stereocenters. The molecule has 1 saturated carbocycles. The second-order valence-electron chi connectivity index (χ2n) is 6.42. The lowest BCUT2D eigenvalue weighted by Gasteiger charge is -2.19. The number of carbonyl (C=O) groups is 1. The van der Waals surface area contributed by atoms with Crippen molar-refractivity contribution >= 4 is 23.4 Å². The van der Waals surface area contributed by atoms with E-state index in [1.54, 1.807) is 29.3 Å². The van der Waals surface area contributed by atoms with Gasteiger partial charge in [0, 0.05) is 6.42 Å². The standard InChI is InChI=1S/C17H16N6O3S/c24-16(10-27-17-18-20-21-22(17)11-5-6-11)23-13(15-4-2-8-26-15)9-12(19-23)14-3-1-7-25-14/h1-4,7-8,11,13H,5-6,9-10H2. The molecule has 4 heterocycles. The second kappa shape index (κ2) is 6.69. The van der Waals surface area contributed by atoms with E-state index in [0.717, 1.165) is 18.6 Å². The van der Waals surface area contributed by atoms with Crippen LogP contribution in [-0.4, -0.2) is 42.6 Å². The molecule has 10 heteroatoms. The van der Waals surface area contributed by atoms with Gasteiger partial charge in [0.2, 0.25) is 5.16 Å². The zero-order chi connectivity index (χ0) is 18.2. The lowest BCUT2D eigenvalue weighted by molar-refractivity contribution is -0.130. The molecule has 0 radical (unpaired) electrons. The SMILES string of the molecule is O=C(CSc1nnnn1C1CC1)N1N=C(c2ccco2)CC1c1ccco1. The molecule has 0 N–H and O–H groups in total. The van der Waals surface area contributed by atoms with Gasteiger partial charge in [-0.1, -0.05) is 11.8 Å². The summed E-state index contributed by atoms with van der Waals surface area (Å²) in [6.07, 6.45) is 5.89. The monoisotopic (exact) mass is 384 g/mol. The highest BCUT2D eigenvalue weighted by Gasteiger charge is 2.36. The van der Waals surface area contributed by atoms with Gasteiger partial charge in [0.1, 0.15) is 23.3 Å². The zero-order valence-electron chi connectivity index (χ0n) is 14.3. The van der Waals surface area contributed by atoms with Crippen molar-refractivity contribution in [3.8, 4) is 0 Å². The van der Waals surface area contributed by atoms with Crippen molar-refractivity contribution < 1.29 is 13.6 Å². The molecular weight excluding hydrogens is 368 g/mol. The molecule has 27 heavy (non-hydrogen) atoms. The van der Waals surface area contributed by atoms with Crippen molar-refractivity contribution in [3.05, 3.63) is 48.3 Å². The van der Waals surface area contributed by atoms with Crippen LogP contribution in [0, 0.1) is 0 Å². The van der Waals surface area contributed by atoms with E-state index >= 15 is 0 Å². The first-order chi connectivity index (χ1) is 13.3. The molecule has 1 atom stereocenters. The average Bonchev–Trinajstić information content (AvgIpc) is 3.22. The van der Waals surface area contributed by atoms with Crippen LogP contribution in [0.2, 0.25) is 0 Å². The van der Waals surface area contributed by atoms with E-state index < -0.39 is 0 Å². The number of amides is 1. The summed E-state index contributed by atoms with van der Waals surface area (Å²) in [5.74, 6) is 1.42. The number of aromatic nitrogens is 4. The quantitative estimate of drug-likeness (QED) is 0.602. The third-order valence-corrected chi connectivity index (χ3v) is 5.44. The maximum absolute atomic E-state index is 12.9. The number of rotatable bonds is 6. The minimum atomic E-state index is -0.285. The van der Waals surface area contributed by atoms with Gasteiger partial charge in [0.05, 0.1) is 24.3 Å². The van der Waals surface area contributed by atoms with Crippen LogP contribution < -0.4 is 0 Å². The number of carbonyl (C=O) groups excluding carboxylic acids is 1. The Morgan fingerprint density at radius 2 is 2.07 bits per heavy atom. The molecule has 138 valence electrons. The summed E-state index contributed by atoms with van der Waals surface area (Å²) in [6.45, 7) is 0. The van der Waals surface area contributed by atoms with Crippen molar-refractivity contribution in [2.45, 2.75) is 36.5 Å². The molecular formula is C17H16N6O3S. The number of thioether (sulfide) groups is 1. The van der Waals surface area contributed by atoms with Gasteiger partial charge in [-0.2, -0.15) is 5.10 Å². The van der Waals surface area contributed by atoms with Crippen LogP contribution in [0.15, 0.2) is 55.9 Å². The highest BCUT2D eigenvalue weighted by molar-refractivity contribution is 7.99. The predicted octanol–water partition coefficient (Wildman–Crippen LogP) is 2.66. The Morgan fingerprint density at radius 1 is 1.22 bits per heavy atom. The summed E-state index contributed by atoms with van der Waals surface area (Å²) in [6, 6.07) is 7.38. The van der Waals surface area contributed by atoms with Crippen molar-refractivity contribution in [3.63, 3.8) is 0 Å². The summed E-state index contributed by atoms with van der Waals surface area (Å²) in [4.78, 5) is 12.9. The van der Waals surface area contributed by atoms with E-state index in [1.165, 1.54) is 16.8 Å². The predicted molar refractivity (Wildman–Crippen MR) is 95.0 cm³/mol. The number of hydrogen-bond donors (Lipinski definition) is 0. The Hall–Kier alpha value is -2.88. The molecule has 0 spiro atoms. The lowest BCUT2D eigenvalue weighted by atomic mass is 10.1. The summed E-state index contributed by atoms with van der Waals surface area (Å²) in [5, 5.41) is 18.4. The molecule has 1 aliphatic heterocycles. The zero-order valence-corrected chi connectivity index (χ0v) is 15.1. The van der Waals surface area contributed by atoms with Crippen molar-refractivity contribution in [2.24, 2.45) is 5.10 Å². The van der Waals surface area contributed by atoms with E-state index in [4.69, 9.17) is 8.83 Å². The fraction of sp³-hybridized carbons (Fsp3) is 0.353. The smallest absolute Gasteiger partial charge is 0.253 e. The van der Waals surface area contributed by atoms with Crippen molar-refractivity contribution in [1.29, 1.82) is 0 Å². The molecule has 1 amide bonds. The molecule has 9 nitrogen and oxygen atoms in total. The maximum atomic E-state index is 12.9. The van der Waals surface area contributed by atoms with Gasteiger partial charge < -0.3 is 8.83 Å². The highest BCUT2D eigenvalue weighted by Crippen LogP contribution is 2.37. The average molecular weight is 384 g/mol. The molecule has 0 aromatic carbocycles. The number of hydrazone groups is 1. The van der Waals surface area contributed by atoms with Crippen molar-refractivity contribution in [2.75, 3.05) is 5.75 Å². The first-order valence-corrected chi connectivity index (χ1v) is 9.65. The molecule has 1 aliphatic carbocycles.